The standard InChI is InChI=1S/C22H30N6O3/c1-15-9-16(2)21-17(10-15)11-18(22(30)23-21)12-27(6-4-7-29)14-20-24-25-26-28(20)13-19-5-3-8-31-19/h9-11,19,29H,3-8,12-14H2,1-2H3,(H,23,30). The molecule has 0 bridgehead atoms. The topological polar surface area (TPSA) is 109 Å². The van der Waals surface area contributed by atoms with Crippen LogP contribution in [0.5, 0.6) is 0 Å². The van der Waals surface area contributed by atoms with Crippen molar-refractivity contribution in [3.05, 3.63) is 51.1 Å². The number of aromatic amines is 1. The zero-order valence-electron chi connectivity index (χ0n) is 18.2. The van der Waals surface area contributed by atoms with E-state index in [4.69, 9.17) is 4.74 Å². The fraction of sp³-hybridized carbons (Fsp3) is 0.545. The van der Waals surface area contributed by atoms with Crippen LogP contribution >= 0.6 is 0 Å². The van der Waals surface area contributed by atoms with Crippen LogP contribution in [0.1, 0.15) is 41.8 Å². The lowest BCUT2D eigenvalue weighted by Gasteiger charge is -2.22. The summed E-state index contributed by atoms with van der Waals surface area (Å²) < 4.78 is 7.51. The number of nitrogens with one attached hydrogen (secondary N) is 1. The Kier molecular flexibility index (Phi) is 6.74. The molecule has 9 heteroatoms. The molecule has 1 unspecified atom stereocenters. The summed E-state index contributed by atoms with van der Waals surface area (Å²) in [6.45, 7) is 7.14. The molecule has 1 atom stereocenters. The van der Waals surface area contributed by atoms with Gasteiger partial charge in [0.25, 0.3) is 5.56 Å². The van der Waals surface area contributed by atoms with E-state index in [-0.39, 0.29) is 18.3 Å². The van der Waals surface area contributed by atoms with Gasteiger partial charge in [-0.05, 0) is 66.6 Å². The van der Waals surface area contributed by atoms with Crippen molar-refractivity contribution < 1.29 is 9.84 Å². The van der Waals surface area contributed by atoms with Crippen molar-refractivity contribution in [3.8, 4) is 0 Å². The fourth-order valence-electron chi connectivity index (χ4n) is 4.26. The van der Waals surface area contributed by atoms with Crippen LogP contribution in [0.4, 0.5) is 0 Å². The predicted molar refractivity (Wildman–Crippen MR) is 117 cm³/mol. The zero-order valence-corrected chi connectivity index (χ0v) is 18.2. The van der Waals surface area contributed by atoms with Gasteiger partial charge in [-0.3, -0.25) is 9.69 Å². The summed E-state index contributed by atoms with van der Waals surface area (Å²) in [6.07, 6.45) is 2.83. The van der Waals surface area contributed by atoms with Gasteiger partial charge in [0.2, 0.25) is 0 Å². The smallest absolute Gasteiger partial charge is 0.252 e. The van der Waals surface area contributed by atoms with Crippen LogP contribution in [-0.2, 0) is 24.4 Å². The second-order valence-corrected chi connectivity index (χ2v) is 8.37. The van der Waals surface area contributed by atoms with E-state index in [2.05, 4.69) is 44.5 Å². The third-order valence-electron chi connectivity index (χ3n) is 5.77. The lowest BCUT2D eigenvalue weighted by Crippen LogP contribution is -2.30. The largest absolute Gasteiger partial charge is 0.396 e. The number of aliphatic hydroxyl groups is 1. The quantitative estimate of drug-likeness (QED) is 0.536. The molecular formula is C22H30N6O3. The highest BCUT2D eigenvalue weighted by atomic mass is 16.5. The second kappa shape index (κ2) is 9.67. The maximum absolute atomic E-state index is 12.8. The molecule has 0 spiro atoms. The van der Waals surface area contributed by atoms with Gasteiger partial charge in [-0.15, -0.1) is 5.10 Å². The van der Waals surface area contributed by atoms with Gasteiger partial charge < -0.3 is 14.8 Å². The monoisotopic (exact) mass is 426 g/mol. The highest BCUT2D eigenvalue weighted by Crippen LogP contribution is 2.19. The normalized spacial score (nSPS) is 16.6. The third kappa shape index (κ3) is 5.17. The van der Waals surface area contributed by atoms with Gasteiger partial charge in [0.1, 0.15) is 0 Å². The van der Waals surface area contributed by atoms with E-state index in [1.54, 1.807) is 4.68 Å². The Bertz CT molecular complexity index is 1090. The molecule has 9 nitrogen and oxygen atoms in total. The Morgan fingerprint density at radius 3 is 2.94 bits per heavy atom. The summed E-state index contributed by atoms with van der Waals surface area (Å²) in [5, 5.41) is 22.6. The van der Waals surface area contributed by atoms with Crippen molar-refractivity contribution in [3.63, 3.8) is 0 Å². The summed E-state index contributed by atoms with van der Waals surface area (Å²) in [6, 6.07) is 6.12. The Morgan fingerprint density at radius 1 is 1.29 bits per heavy atom. The molecule has 1 fully saturated rings. The van der Waals surface area contributed by atoms with E-state index >= 15 is 0 Å². The van der Waals surface area contributed by atoms with Gasteiger partial charge in [0.05, 0.1) is 24.7 Å². The number of aliphatic hydroxyl groups excluding tert-OH is 1. The molecule has 0 aliphatic carbocycles. The summed E-state index contributed by atoms with van der Waals surface area (Å²) >= 11 is 0. The molecule has 2 aromatic heterocycles. The number of hydrogen-bond acceptors (Lipinski definition) is 7. The minimum atomic E-state index is -0.0904. The van der Waals surface area contributed by atoms with Crippen LogP contribution < -0.4 is 5.56 Å². The minimum absolute atomic E-state index is 0.0871. The number of nitrogens with zero attached hydrogens (tertiary/aromatic N) is 5. The van der Waals surface area contributed by atoms with Gasteiger partial charge in [-0.25, -0.2) is 4.68 Å². The number of hydrogen-bond donors (Lipinski definition) is 2. The fourth-order valence-corrected chi connectivity index (χ4v) is 4.26. The molecular weight excluding hydrogens is 396 g/mol. The van der Waals surface area contributed by atoms with Crippen LogP contribution in [0.15, 0.2) is 23.0 Å². The molecule has 0 amide bonds. The Balaban J connectivity index is 1.56. The molecule has 0 saturated carbocycles. The lowest BCUT2D eigenvalue weighted by molar-refractivity contribution is 0.0915. The van der Waals surface area contributed by atoms with Gasteiger partial charge in [-0.2, -0.15) is 0 Å². The van der Waals surface area contributed by atoms with Gasteiger partial charge in [0.15, 0.2) is 5.82 Å². The molecule has 3 aromatic rings. The molecule has 3 heterocycles. The maximum atomic E-state index is 12.8. The number of benzene rings is 1. The van der Waals surface area contributed by atoms with E-state index in [0.29, 0.717) is 38.2 Å². The first-order valence-electron chi connectivity index (χ1n) is 10.9. The number of H-pyrrole nitrogens is 1. The highest BCUT2D eigenvalue weighted by molar-refractivity contribution is 5.82. The molecule has 0 radical (unpaired) electrons. The van der Waals surface area contributed by atoms with E-state index in [9.17, 15) is 9.90 Å². The molecule has 2 N–H and O–H groups in total. The average Bonchev–Trinajstić information content (AvgIpc) is 3.40. The first-order valence-corrected chi connectivity index (χ1v) is 10.9. The number of pyridine rings is 1. The SMILES string of the molecule is Cc1cc(C)c2[nH]c(=O)c(CN(CCCO)Cc3nnnn3CC3CCCO3)cc2c1. The molecule has 4 rings (SSSR count). The number of fused-ring (bicyclic) bond motifs is 1. The van der Waals surface area contributed by atoms with Crippen molar-refractivity contribution in [1.82, 2.24) is 30.1 Å². The highest BCUT2D eigenvalue weighted by Gasteiger charge is 2.20. The average molecular weight is 427 g/mol. The van der Waals surface area contributed by atoms with Crippen molar-refractivity contribution in [2.75, 3.05) is 19.8 Å². The van der Waals surface area contributed by atoms with E-state index in [1.165, 1.54) is 0 Å². The molecule has 1 aromatic carbocycles. The van der Waals surface area contributed by atoms with Gasteiger partial charge in [0, 0.05) is 31.9 Å². The van der Waals surface area contributed by atoms with E-state index in [0.717, 1.165) is 47.3 Å². The summed E-state index contributed by atoms with van der Waals surface area (Å²) in [5.41, 5.74) is 3.69. The van der Waals surface area contributed by atoms with Crippen LogP contribution in [0, 0.1) is 13.8 Å². The number of rotatable bonds is 9. The number of ether oxygens (including phenoxy) is 1. The zero-order chi connectivity index (χ0) is 21.8. The third-order valence-corrected chi connectivity index (χ3v) is 5.77. The molecule has 1 aliphatic rings. The van der Waals surface area contributed by atoms with Gasteiger partial charge in [-0.1, -0.05) is 11.6 Å². The van der Waals surface area contributed by atoms with Crippen LogP contribution in [0.2, 0.25) is 0 Å². The number of aromatic nitrogens is 5. The summed E-state index contributed by atoms with van der Waals surface area (Å²) in [4.78, 5) is 17.9. The molecule has 31 heavy (non-hydrogen) atoms. The Morgan fingerprint density at radius 2 is 2.16 bits per heavy atom. The van der Waals surface area contributed by atoms with Gasteiger partial charge >= 0.3 is 0 Å². The lowest BCUT2D eigenvalue weighted by atomic mass is 10.1. The first kappa shape index (κ1) is 21.6. The van der Waals surface area contributed by atoms with E-state index < -0.39 is 0 Å². The second-order valence-electron chi connectivity index (χ2n) is 8.37. The molecule has 1 saturated heterocycles. The minimum Gasteiger partial charge on any atom is -0.396 e. The number of aryl methyl sites for hydroxylation is 2. The Labute approximate surface area is 181 Å². The molecule has 166 valence electrons. The maximum Gasteiger partial charge on any atom is 0.252 e. The summed E-state index contributed by atoms with van der Waals surface area (Å²) in [7, 11) is 0. The van der Waals surface area contributed by atoms with Crippen LogP contribution in [0.25, 0.3) is 10.9 Å². The van der Waals surface area contributed by atoms with E-state index in [1.807, 2.05) is 13.0 Å². The Hall–Kier alpha value is -2.62. The van der Waals surface area contributed by atoms with Crippen molar-refractivity contribution >= 4 is 10.9 Å². The van der Waals surface area contributed by atoms with Crippen LogP contribution in [-0.4, -0.2) is 61.1 Å². The predicted octanol–water partition coefficient (Wildman–Crippen LogP) is 1.70. The van der Waals surface area contributed by atoms with Crippen LogP contribution in [0.3, 0.4) is 0 Å². The molecule has 1 aliphatic heterocycles. The first-order chi connectivity index (χ1) is 15.0. The van der Waals surface area contributed by atoms with Crippen molar-refractivity contribution in [2.24, 2.45) is 0 Å². The van der Waals surface area contributed by atoms with Crippen molar-refractivity contribution in [2.45, 2.75) is 58.8 Å². The summed E-state index contributed by atoms with van der Waals surface area (Å²) in [5.74, 6) is 0.734. The van der Waals surface area contributed by atoms with Crippen molar-refractivity contribution in [1.29, 1.82) is 0 Å². The number of tetrazole rings is 1.